The molecule has 3 rings (SSSR count). The highest BCUT2D eigenvalue weighted by Crippen LogP contribution is 2.27. The summed E-state index contributed by atoms with van der Waals surface area (Å²) in [6, 6.07) is 9.70. The van der Waals surface area contributed by atoms with Gasteiger partial charge in [0, 0.05) is 17.0 Å². The molecule has 2 heterocycles. The van der Waals surface area contributed by atoms with Gasteiger partial charge < -0.3 is 14.6 Å². The first-order valence-corrected chi connectivity index (χ1v) is 4.56. The molecule has 0 amide bonds. The van der Waals surface area contributed by atoms with Gasteiger partial charge in [-0.05, 0) is 12.1 Å². The van der Waals surface area contributed by atoms with Gasteiger partial charge in [-0.15, -0.1) is 0 Å². The van der Waals surface area contributed by atoms with Crippen molar-refractivity contribution in [3.8, 4) is 0 Å². The molecule has 0 fully saturated rings. The molecule has 0 bridgehead atoms. The van der Waals surface area contributed by atoms with Crippen LogP contribution in [0, 0.1) is 0 Å². The highest BCUT2D eigenvalue weighted by molar-refractivity contribution is 6.05. The number of nitrogens with zero attached hydrogens (tertiary/aromatic N) is 1. The molecule has 2 aromatic heterocycles. The molecule has 2 N–H and O–H groups in total. The molecule has 4 heteroatoms. The van der Waals surface area contributed by atoms with Gasteiger partial charge in [0.1, 0.15) is 6.21 Å². The Morgan fingerprint density at radius 1 is 1.27 bits per heavy atom. The van der Waals surface area contributed by atoms with Crippen LogP contribution in [0.3, 0.4) is 0 Å². The van der Waals surface area contributed by atoms with Crippen molar-refractivity contribution in [3.05, 3.63) is 36.1 Å². The van der Waals surface area contributed by atoms with Gasteiger partial charge in [0.25, 0.3) is 0 Å². The second kappa shape index (κ2) is 2.88. The van der Waals surface area contributed by atoms with Gasteiger partial charge in [-0.25, -0.2) is 0 Å². The smallest absolute Gasteiger partial charge is 0.160 e. The molecular formula is C11H8N2O2. The molecule has 0 atom stereocenters. The first-order chi connectivity index (χ1) is 7.38. The Bertz CT molecular complexity index is 649. The number of furan rings is 1. The third kappa shape index (κ3) is 1.11. The molecule has 0 aliphatic heterocycles. The number of fused-ring (bicyclic) bond motifs is 3. The maximum atomic E-state index is 8.39. The lowest BCUT2D eigenvalue weighted by atomic mass is 10.2. The Morgan fingerprint density at radius 3 is 3.00 bits per heavy atom. The minimum absolute atomic E-state index is 0.532. The van der Waals surface area contributed by atoms with Crippen molar-refractivity contribution in [2.75, 3.05) is 0 Å². The number of hydrogen-bond donors (Lipinski definition) is 2. The van der Waals surface area contributed by atoms with Crippen molar-refractivity contribution in [2.45, 2.75) is 0 Å². The van der Waals surface area contributed by atoms with Gasteiger partial charge in [-0.3, -0.25) is 0 Å². The summed E-state index contributed by atoms with van der Waals surface area (Å²) in [5.41, 5.74) is 2.74. The summed E-state index contributed by atoms with van der Waals surface area (Å²) in [6.07, 6.45) is 1.27. The second-order valence-corrected chi connectivity index (χ2v) is 3.31. The molecule has 74 valence electrons. The average Bonchev–Trinajstić information content (AvgIpc) is 2.75. The zero-order chi connectivity index (χ0) is 10.3. The molecule has 1 aromatic carbocycles. The van der Waals surface area contributed by atoms with Crippen molar-refractivity contribution in [3.63, 3.8) is 0 Å². The number of rotatable bonds is 1. The largest absolute Gasteiger partial charge is 0.453 e. The van der Waals surface area contributed by atoms with E-state index in [-0.39, 0.29) is 0 Å². The summed E-state index contributed by atoms with van der Waals surface area (Å²) in [5.74, 6) is 0.532. The first kappa shape index (κ1) is 8.11. The molecule has 0 aliphatic carbocycles. The highest BCUT2D eigenvalue weighted by atomic mass is 16.4. The summed E-state index contributed by atoms with van der Waals surface area (Å²) >= 11 is 0. The molecule has 0 radical (unpaired) electrons. The topological polar surface area (TPSA) is 61.5 Å². The number of benzene rings is 1. The lowest BCUT2D eigenvalue weighted by molar-refractivity contribution is 0.321. The van der Waals surface area contributed by atoms with Crippen LogP contribution in [0.25, 0.3) is 22.0 Å². The molecular weight excluding hydrogens is 192 g/mol. The van der Waals surface area contributed by atoms with Crippen molar-refractivity contribution < 1.29 is 9.62 Å². The molecule has 0 spiro atoms. The predicted molar refractivity (Wildman–Crippen MR) is 57.5 cm³/mol. The fourth-order valence-corrected chi connectivity index (χ4v) is 1.76. The highest BCUT2D eigenvalue weighted by Gasteiger charge is 2.08. The molecule has 3 aromatic rings. The van der Waals surface area contributed by atoms with E-state index >= 15 is 0 Å². The third-order valence-corrected chi connectivity index (χ3v) is 2.38. The minimum Gasteiger partial charge on any atom is -0.453 e. The third-order valence-electron chi connectivity index (χ3n) is 2.38. The fourth-order valence-electron chi connectivity index (χ4n) is 1.76. The Hall–Kier alpha value is -2.23. The zero-order valence-corrected chi connectivity index (χ0v) is 7.77. The molecule has 0 unspecified atom stereocenters. The number of nitrogens with one attached hydrogen (secondary N) is 1. The van der Waals surface area contributed by atoms with Crippen LogP contribution >= 0.6 is 0 Å². The van der Waals surface area contributed by atoms with E-state index in [4.69, 9.17) is 9.62 Å². The Balaban J connectivity index is 2.37. The molecule has 0 aliphatic rings. The van der Waals surface area contributed by atoms with E-state index in [0.29, 0.717) is 5.76 Å². The Kier molecular flexibility index (Phi) is 1.56. The number of hydrogen-bond acceptors (Lipinski definition) is 3. The van der Waals surface area contributed by atoms with Gasteiger partial charge >= 0.3 is 0 Å². The van der Waals surface area contributed by atoms with Crippen LogP contribution in [0.2, 0.25) is 0 Å². The van der Waals surface area contributed by atoms with Crippen LogP contribution in [0.4, 0.5) is 0 Å². The SMILES string of the molecule is ON=Cc1cc2[nH]c3ccccc3c2o1. The predicted octanol–water partition coefficient (Wildman–Crippen LogP) is 2.72. The zero-order valence-electron chi connectivity index (χ0n) is 7.77. The normalized spacial score (nSPS) is 12.0. The van der Waals surface area contributed by atoms with E-state index in [1.54, 1.807) is 6.07 Å². The van der Waals surface area contributed by atoms with Crippen molar-refractivity contribution >= 4 is 28.2 Å². The minimum atomic E-state index is 0.532. The van der Waals surface area contributed by atoms with E-state index in [1.165, 1.54) is 6.21 Å². The average molecular weight is 200 g/mol. The number of oxime groups is 1. The Morgan fingerprint density at radius 2 is 2.13 bits per heavy atom. The van der Waals surface area contributed by atoms with Crippen LogP contribution in [0.15, 0.2) is 39.9 Å². The maximum absolute atomic E-state index is 8.39. The van der Waals surface area contributed by atoms with E-state index in [1.807, 2.05) is 24.3 Å². The first-order valence-electron chi connectivity index (χ1n) is 4.56. The molecule has 4 nitrogen and oxygen atoms in total. The Labute approximate surface area is 84.8 Å². The van der Waals surface area contributed by atoms with Crippen LogP contribution in [-0.4, -0.2) is 16.4 Å². The quantitative estimate of drug-likeness (QED) is 0.360. The van der Waals surface area contributed by atoms with Crippen LogP contribution in [0.5, 0.6) is 0 Å². The van der Waals surface area contributed by atoms with Gasteiger partial charge in [-0.1, -0.05) is 17.3 Å². The summed E-state index contributed by atoms with van der Waals surface area (Å²) in [5, 5.41) is 12.4. The number of aromatic nitrogens is 1. The lowest BCUT2D eigenvalue weighted by Gasteiger charge is -1.87. The monoisotopic (exact) mass is 200 g/mol. The van der Waals surface area contributed by atoms with Crippen molar-refractivity contribution in [1.82, 2.24) is 4.98 Å². The number of H-pyrrole nitrogens is 1. The summed E-state index contributed by atoms with van der Waals surface area (Å²) in [7, 11) is 0. The van der Waals surface area contributed by atoms with Gasteiger partial charge in [-0.2, -0.15) is 0 Å². The summed E-state index contributed by atoms with van der Waals surface area (Å²) in [6.45, 7) is 0. The van der Waals surface area contributed by atoms with E-state index in [9.17, 15) is 0 Å². The van der Waals surface area contributed by atoms with E-state index < -0.39 is 0 Å². The van der Waals surface area contributed by atoms with Crippen LogP contribution in [-0.2, 0) is 0 Å². The van der Waals surface area contributed by atoms with Crippen molar-refractivity contribution in [2.24, 2.45) is 5.16 Å². The van der Waals surface area contributed by atoms with Crippen LogP contribution < -0.4 is 0 Å². The van der Waals surface area contributed by atoms with Crippen molar-refractivity contribution in [1.29, 1.82) is 0 Å². The van der Waals surface area contributed by atoms with E-state index in [2.05, 4.69) is 10.1 Å². The maximum Gasteiger partial charge on any atom is 0.160 e. The van der Waals surface area contributed by atoms with Gasteiger partial charge in [0.15, 0.2) is 11.3 Å². The number of aromatic amines is 1. The fraction of sp³-hybridized carbons (Fsp3) is 0. The van der Waals surface area contributed by atoms with Gasteiger partial charge in [0.2, 0.25) is 0 Å². The standard InChI is InChI=1S/C11H8N2O2/c14-12-6-7-5-10-11(15-7)8-3-1-2-4-9(8)13-10/h1-6,13-14H. The number of para-hydroxylation sites is 1. The molecule has 15 heavy (non-hydrogen) atoms. The summed E-state index contributed by atoms with van der Waals surface area (Å²) in [4.78, 5) is 3.22. The lowest BCUT2D eigenvalue weighted by Crippen LogP contribution is -1.73. The summed E-state index contributed by atoms with van der Waals surface area (Å²) < 4.78 is 5.52. The van der Waals surface area contributed by atoms with Crippen LogP contribution in [0.1, 0.15) is 5.76 Å². The molecule has 0 saturated heterocycles. The van der Waals surface area contributed by atoms with E-state index in [0.717, 1.165) is 22.0 Å². The molecule has 0 saturated carbocycles. The second-order valence-electron chi connectivity index (χ2n) is 3.31. The van der Waals surface area contributed by atoms with Gasteiger partial charge in [0.05, 0.1) is 5.52 Å².